The molecule has 5 heteroatoms. The first-order chi connectivity index (χ1) is 9.55. The van der Waals surface area contributed by atoms with Gasteiger partial charge in [-0.1, -0.05) is 0 Å². The van der Waals surface area contributed by atoms with Crippen LogP contribution in [-0.4, -0.2) is 53.1 Å². The fourth-order valence-corrected chi connectivity index (χ4v) is 3.67. The molecule has 2 aliphatic rings. The normalized spacial score (nSPS) is 21.1. The summed E-state index contributed by atoms with van der Waals surface area (Å²) in [5, 5.41) is 1.09. The minimum absolute atomic E-state index is 0.509. The number of likely N-dealkylation sites (tertiary alicyclic amines) is 1. The molecule has 5 nitrogen and oxygen atoms in total. The predicted octanol–water partition coefficient (Wildman–Crippen LogP) is 1.39. The van der Waals surface area contributed by atoms with Crippen molar-refractivity contribution in [2.75, 3.05) is 38.1 Å². The third kappa shape index (κ3) is 1.69. The van der Waals surface area contributed by atoms with Crippen LogP contribution >= 0.6 is 0 Å². The van der Waals surface area contributed by atoms with E-state index in [1.54, 1.807) is 0 Å². The van der Waals surface area contributed by atoms with E-state index in [1.165, 1.54) is 13.1 Å². The molecule has 0 amide bonds. The van der Waals surface area contributed by atoms with Gasteiger partial charge in [0.1, 0.15) is 11.3 Å². The van der Waals surface area contributed by atoms with Crippen molar-refractivity contribution in [1.82, 2.24) is 19.9 Å². The molecule has 4 heterocycles. The number of hydrogen-bond donors (Lipinski definition) is 0. The van der Waals surface area contributed by atoms with Crippen molar-refractivity contribution >= 4 is 16.7 Å². The highest BCUT2D eigenvalue weighted by Crippen LogP contribution is 2.41. The zero-order valence-corrected chi connectivity index (χ0v) is 12.2. The van der Waals surface area contributed by atoms with Crippen molar-refractivity contribution in [3.63, 3.8) is 0 Å². The number of hydrogen-bond acceptors (Lipinski definition) is 5. The van der Waals surface area contributed by atoms with E-state index in [9.17, 15) is 0 Å². The van der Waals surface area contributed by atoms with E-state index in [-0.39, 0.29) is 0 Å². The van der Waals surface area contributed by atoms with Crippen molar-refractivity contribution in [3.05, 3.63) is 23.8 Å². The molecule has 0 saturated carbocycles. The highest BCUT2D eigenvalue weighted by molar-refractivity contribution is 5.89. The molecule has 0 atom stereocenters. The lowest BCUT2D eigenvalue weighted by atomic mass is 9.73. The number of anilines is 1. The van der Waals surface area contributed by atoms with Gasteiger partial charge in [-0.25, -0.2) is 15.0 Å². The summed E-state index contributed by atoms with van der Waals surface area (Å²) in [5.41, 5.74) is 2.53. The average molecular weight is 269 g/mol. The zero-order chi connectivity index (χ0) is 13.9. The van der Waals surface area contributed by atoms with Gasteiger partial charge in [-0.3, -0.25) is 0 Å². The van der Waals surface area contributed by atoms with Gasteiger partial charge in [0.05, 0.1) is 0 Å². The first-order valence-corrected chi connectivity index (χ1v) is 7.09. The number of aryl methyl sites for hydroxylation is 2. The second kappa shape index (κ2) is 3.88. The molecular formula is C15H19N5. The lowest BCUT2D eigenvalue weighted by Gasteiger charge is -2.60. The van der Waals surface area contributed by atoms with Gasteiger partial charge in [-0.2, -0.15) is 0 Å². The summed E-state index contributed by atoms with van der Waals surface area (Å²) in [6, 6.07) is 2.06. The van der Waals surface area contributed by atoms with Crippen LogP contribution in [0.3, 0.4) is 0 Å². The number of nitrogens with zero attached hydrogens (tertiary/aromatic N) is 5. The van der Waals surface area contributed by atoms with E-state index in [0.29, 0.717) is 5.41 Å². The maximum atomic E-state index is 4.73. The molecule has 4 rings (SSSR count). The van der Waals surface area contributed by atoms with Crippen LogP contribution in [-0.2, 0) is 0 Å². The van der Waals surface area contributed by atoms with Crippen LogP contribution in [0.2, 0.25) is 0 Å². The largest absolute Gasteiger partial charge is 0.353 e. The average Bonchev–Trinajstić information content (AvgIpc) is 2.32. The van der Waals surface area contributed by atoms with Gasteiger partial charge < -0.3 is 9.80 Å². The minimum Gasteiger partial charge on any atom is -0.353 e. The van der Waals surface area contributed by atoms with E-state index in [4.69, 9.17) is 4.98 Å². The molecule has 2 saturated heterocycles. The van der Waals surface area contributed by atoms with Gasteiger partial charge >= 0.3 is 0 Å². The maximum absolute atomic E-state index is 4.73. The summed E-state index contributed by atoms with van der Waals surface area (Å²) in [7, 11) is 2.19. The number of pyridine rings is 1. The van der Waals surface area contributed by atoms with Gasteiger partial charge in [0.15, 0.2) is 5.82 Å². The molecule has 0 N–H and O–H groups in total. The minimum atomic E-state index is 0.509. The summed E-state index contributed by atoms with van der Waals surface area (Å²) >= 11 is 0. The Hall–Kier alpha value is -1.75. The smallest absolute Gasteiger partial charge is 0.155 e. The van der Waals surface area contributed by atoms with Gasteiger partial charge in [0.2, 0.25) is 0 Å². The molecule has 0 bridgehead atoms. The SMILES string of the molecule is Cc1cc2cnc(C)nc2c(N2CC3(CN(C)C3)C2)n1. The Bertz CT molecular complexity index is 682. The lowest BCUT2D eigenvalue weighted by Crippen LogP contribution is -2.71. The Labute approximate surface area is 118 Å². The van der Waals surface area contributed by atoms with E-state index >= 15 is 0 Å². The Kier molecular flexibility index (Phi) is 2.33. The Morgan fingerprint density at radius 3 is 2.55 bits per heavy atom. The van der Waals surface area contributed by atoms with Crippen molar-refractivity contribution in [1.29, 1.82) is 0 Å². The molecule has 2 aliphatic heterocycles. The summed E-state index contributed by atoms with van der Waals surface area (Å²) in [4.78, 5) is 18.4. The first kappa shape index (κ1) is 12.0. The molecule has 0 radical (unpaired) electrons. The zero-order valence-electron chi connectivity index (χ0n) is 12.2. The molecule has 104 valence electrons. The van der Waals surface area contributed by atoms with Crippen LogP contribution in [0, 0.1) is 19.3 Å². The van der Waals surface area contributed by atoms with Crippen molar-refractivity contribution in [2.24, 2.45) is 5.41 Å². The van der Waals surface area contributed by atoms with Crippen LogP contribution in [0.1, 0.15) is 11.5 Å². The molecular weight excluding hydrogens is 250 g/mol. The maximum Gasteiger partial charge on any atom is 0.155 e. The van der Waals surface area contributed by atoms with Crippen LogP contribution in [0.4, 0.5) is 5.82 Å². The van der Waals surface area contributed by atoms with Crippen molar-refractivity contribution < 1.29 is 0 Å². The highest BCUT2D eigenvalue weighted by Gasteiger charge is 2.51. The second-order valence-corrected chi connectivity index (χ2v) is 6.47. The Balaban J connectivity index is 1.71. The number of aromatic nitrogens is 3. The molecule has 20 heavy (non-hydrogen) atoms. The Morgan fingerprint density at radius 1 is 1.10 bits per heavy atom. The lowest BCUT2D eigenvalue weighted by molar-refractivity contribution is -0.00267. The quantitative estimate of drug-likeness (QED) is 0.783. The molecule has 1 spiro atoms. The summed E-state index contributed by atoms with van der Waals surface area (Å²) < 4.78 is 0. The standard InChI is InChI=1S/C15H19N5/c1-10-4-12-5-16-11(2)18-13(12)14(17-10)20-8-15(9-20)6-19(3)7-15/h4-5H,6-9H2,1-3H3. The summed E-state index contributed by atoms with van der Waals surface area (Å²) in [6.45, 7) is 8.59. The van der Waals surface area contributed by atoms with Crippen LogP contribution < -0.4 is 4.90 Å². The van der Waals surface area contributed by atoms with Crippen LogP contribution in [0.25, 0.3) is 10.9 Å². The summed E-state index contributed by atoms with van der Waals surface area (Å²) in [6.07, 6.45) is 1.91. The number of rotatable bonds is 1. The fraction of sp³-hybridized carbons (Fsp3) is 0.533. The molecule has 2 aromatic rings. The first-order valence-electron chi connectivity index (χ1n) is 7.09. The van der Waals surface area contributed by atoms with Crippen molar-refractivity contribution in [3.8, 4) is 0 Å². The monoisotopic (exact) mass is 269 g/mol. The van der Waals surface area contributed by atoms with Crippen molar-refractivity contribution in [2.45, 2.75) is 13.8 Å². The van der Waals surface area contributed by atoms with Crippen LogP contribution in [0.5, 0.6) is 0 Å². The van der Waals surface area contributed by atoms with E-state index in [2.05, 4.69) is 32.9 Å². The third-order valence-corrected chi connectivity index (χ3v) is 4.36. The fourth-order valence-electron chi connectivity index (χ4n) is 3.67. The Morgan fingerprint density at radius 2 is 1.85 bits per heavy atom. The van der Waals surface area contributed by atoms with Gasteiger partial charge in [-0.05, 0) is 27.0 Å². The molecule has 0 unspecified atom stereocenters. The molecule has 0 aromatic carbocycles. The van der Waals surface area contributed by atoms with Crippen LogP contribution in [0.15, 0.2) is 12.3 Å². The van der Waals surface area contributed by atoms with E-state index < -0.39 is 0 Å². The summed E-state index contributed by atoms with van der Waals surface area (Å²) in [5.74, 6) is 1.84. The van der Waals surface area contributed by atoms with E-state index in [1.807, 2.05) is 20.0 Å². The third-order valence-electron chi connectivity index (χ3n) is 4.36. The highest BCUT2D eigenvalue weighted by atomic mass is 15.3. The number of fused-ring (bicyclic) bond motifs is 1. The molecule has 2 fully saturated rings. The van der Waals surface area contributed by atoms with Gasteiger partial charge in [0.25, 0.3) is 0 Å². The topological polar surface area (TPSA) is 45.2 Å². The second-order valence-electron chi connectivity index (χ2n) is 6.47. The predicted molar refractivity (Wildman–Crippen MR) is 79.0 cm³/mol. The van der Waals surface area contributed by atoms with E-state index in [0.717, 1.165) is 41.3 Å². The molecule has 0 aliphatic carbocycles. The van der Waals surface area contributed by atoms with Gasteiger partial charge in [-0.15, -0.1) is 0 Å². The van der Waals surface area contributed by atoms with Gasteiger partial charge in [0, 0.05) is 48.9 Å². The molecule has 2 aromatic heterocycles.